The van der Waals surface area contributed by atoms with Crippen molar-refractivity contribution in [1.82, 2.24) is 15.0 Å². The Morgan fingerprint density at radius 3 is 3.04 bits per heavy atom. The smallest absolute Gasteiger partial charge is 0.231 e. The summed E-state index contributed by atoms with van der Waals surface area (Å²) >= 11 is 6.04. The van der Waals surface area contributed by atoms with E-state index in [0.29, 0.717) is 29.7 Å². The summed E-state index contributed by atoms with van der Waals surface area (Å²) in [6.07, 6.45) is 7.08. The molecule has 0 N–H and O–H groups in total. The average Bonchev–Trinajstić information content (AvgIpc) is 3.15. The molecule has 1 saturated heterocycles. The molecule has 2 aromatic rings. The highest BCUT2D eigenvalue weighted by molar-refractivity contribution is 6.30. The summed E-state index contributed by atoms with van der Waals surface area (Å²) in [6.45, 7) is 3.68. The number of piperidine rings is 1. The lowest BCUT2D eigenvalue weighted by molar-refractivity contribution is -0.132. The van der Waals surface area contributed by atoms with Crippen molar-refractivity contribution in [2.24, 2.45) is 0 Å². The number of hydrogen-bond acceptors (Lipinski definition) is 4. The topological polar surface area (TPSA) is 59.2 Å². The molecular weight excluding hydrogens is 350 g/mol. The molecule has 1 unspecified atom stereocenters. The van der Waals surface area contributed by atoms with Crippen molar-refractivity contribution in [2.75, 3.05) is 13.1 Å². The van der Waals surface area contributed by atoms with Crippen LogP contribution in [0.4, 0.5) is 0 Å². The fraction of sp³-hybridized carbons (Fsp3) is 0.550. The van der Waals surface area contributed by atoms with E-state index in [1.807, 2.05) is 29.2 Å². The number of likely N-dealkylation sites (tertiary alicyclic amines) is 1. The van der Waals surface area contributed by atoms with E-state index in [1.165, 1.54) is 12.8 Å². The number of unbranched alkanes of at least 4 members (excludes halogenated alkanes) is 3. The minimum absolute atomic E-state index is 0.115. The SMILES string of the molecule is CCCCCCC(=O)N1CCCC(c2nc(-c3cccc(Cl)c3)no2)C1. The lowest BCUT2D eigenvalue weighted by atomic mass is 9.97. The largest absolute Gasteiger partial charge is 0.342 e. The van der Waals surface area contributed by atoms with E-state index in [0.717, 1.165) is 37.8 Å². The number of carbonyl (C=O) groups excluding carboxylic acids is 1. The van der Waals surface area contributed by atoms with Gasteiger partial charge in [-0.15, -0.1) is 0 Å². The van der Waals surface area contributed by atoms with E-state index in [9.17, 15) is 4.79 Å². The van der Waals surface area contributed by atoms with Crippen LogP contribution >= 0.6 is 11.6 Å². The summed E-state index contributed by atoms with van der Waals surface area (Å²) in [4.78, 5) is 19.0. The van der Waals surface area contributed by atoms with Gasteiger partial charge >= 0.3 is 0 Å². The highest BCUT2D eigenvalue weighted by Crippen LogP contribution is 2.28. The molecule has 0 bridgehead atoms. The third-order valence-corrected chi connectivity index (χ3v) is 5.13. The maximum absolute atomic E-state index is 12.4. The lowest BCUT2D eigenvalue weighted by Crippen LogP contribution is -2.39. The average molecular weight is 376 g/mol. The Morgan fingerprint density at radius 2 is 2.23 bits per heavy atom. The van der Waals surface area contributed by atoms with Crippen molar-refractivity contribution in [3.8, 4) is 11.4 Å². The minimum Gasteiger partial charge on any atom is -0.342 e. The van der Waals surface area contributed by atoms with E-state index in [4.69, 9.17) is 16.1 Å². The normalized spacial score (nSPS) is 17.5. The minimum atomic E-state index is 0.115. The number of halogens is 1. The molecular formula is C20H26ClN3O2. The molecule has 1 aromatic carbocycles. The molecule has 0 spiro atoms. The Hall–Kier alpha value is -1.88. The number of benzene rings is 1. The molecule has 5 nitrogen and oxygen atoms in total. The molecule has 1 fully saturated rings. The first-order valence-electron chi connectivity index (χ1n) is 9.54. The van der Waals surface area contributed by atoms with Crippen LogP contribution in [0.1, 0.15) is 63.7 Å². The van der Waals surface area contributed by atoms with Crippen LogP contribution in [0.25, 0.3) is 11.4 Å². The quantitative estimate of drug-likeness (QED) is 0.634. The van der Waals surface area contributed by atoms with Crippen molar-refractivity contribution in [3.63, 3.8) is 0 Å². The number of aromatic nitrogens is 2. The van der Waals surface area contributed by atoms with Gasteiger partial charge in [0.1, 0.15) is 0 Å². The third-order valence-electron chi connectivity index (χ3n) is 4.89. The molecule has 6 heteroatoms. The van der Waals surface area contributed by atoms with E-state index >= 15 is 0 Å². The van der Waals surface area contributed by atoms with E-state index in [-0.39, 0.29) is 11.8 Å². The van der Waals surface area contributed by atoms with Gasteiger partial charge in [0, 0.05) is 30.1 Å². The molecule has 1 amide bonds. The van der Waals surface area contributed by atoms with Gasteiger partial charge in [0.25, 0.3) is 0 Å². The Morgan fingerprint density at radius 1 is 1.35 bits per heavy atom. The molecule has 0 saturated carbocycles. The Kier molecular flexibility index (Phi) is 6.67. The van der Waals surface area contributed by atoms with Crippen LogP contribution in [0.3, 0.4) is 0 Å². The second-order valence-electron chi connectivity index (χ2n) is 6.96. The number of nitrogens with zero attached hydrogens (tertiary/aromatic N) is 3. The van der Waals surface area contributed by atoms with Gasteiger partial charge in [0.2, 0.25) is 17.6 Å². The van der Waals surface area contributed by atoms with E-state index in [2.05, 4.69) is 17.1 Å². The number of rotatable bonds is 7. The van der Waals surface area contributed by atoms with Gasteiger partial charge in [-0.05, 0) is 31.4 Å². The first-order chi connectivity index (χ1) is 12.7. The third kappa shape index (κ3) is 4.85. The summed E-state index contributed by atoms with van der Waals surface area (Å²) in [5.41, 5.74) is 0.840. The zero-order valence-electron chi connectivity index (χ0n) is 15.3. The van der Waals surface area contributed by atoms with Crippen molar-refractivity contribution < 1.29 is 9.32 Å². The highest BCUT2D eigenvalue weighted by Gasteiger charge is 2.28. The molecule has 1 aromatic heterocycles. The van der Waals surface area contributed by atoms with Crippen molar-refractivity contribution in [2.45, 2.75) is 57.8 Å². The van der Waals surface area contributed by atoms with Crippen molar-refractivity contribution >= 4 is 17.5 Å². The van der Waals surface area contributed by atoms with Crippen LogP contribution in [0, 0.1) is 0 Å². The van der Waals surface area contributed by atoms with Gasteiger partial charge in [0.05, 0.1) is 5.92 Å². The fourth-order valence-electron chi connectivity index (χ4n) is 3.41. The van der Waals surface area contributed by atoms with Crippen molar-refractivity contribution in [1.29, 1.82) is 0 Å². The molecule has 0 aliphatic carbocycles. The molecule has 140 valence electrons. The summed E-state index contributed by atoms with van der Waals surface area (Å²) < 4.78 is 5.50. The Balaban J connectivity index is 1.60. The fourth-order valence-corrected chi connectivity index (χ4v) is 3.60. The van der Waals surface area contributed by atoms with Gasteiger partial charge in [-0.25, -0.2) is 0 Å². The van der Waals surface area contributed by atoms with Gasteiger partial charge in [0.15, 0.2) is 0 Å². The molecule has 1 aliphatic rings. The highest BCUT2D eigenvalue weighted by atomic mass is 35.5. The second-order valence-corrected chi connectivity index (χ2v) is 7.39. The summed E-state index contributed by atoms with van der Waals surface area (Å²) in [5.74, 6) is 1.53. The first kappa shape index (κ1) is 18.9. The van der Waals surface area contributed by atoms with Gasteiger partial charge in [-0.1, -0.05) is 55.1 Å². The van der Waals surface area contributed by atoms with Crippen LogP contribution < -0.4 is 0 Å². The molecule has 1 aliphatic heterocycles. The number of carbonyl (C=O) groups is 1. The van der Waals surface area contributed by atoms with E-state index < -0.39 is 0 Å². The van der Waals surface area contributed by atoms with Gasteiger partial charge < -0.3 is 9.42 Å². The molecule has 3 rings (SSSR count). The molecule has 26 heavy (non-hydrogen) atoms. The molecule has 1 atom stereocenters. The standard InChI is InChI=1S/C20H26ClN3O2/c1-2-3-4-5-11-18(25)24-12-7-9-16(14-24)20-22-19(23-26-20)15-8-6-10-17(21)13-15/h6,8,10,13,16H,2-5,7,9,11-12,14H2,1H3. The Bertz CT molecular complexity index is 731. The van der Waals surface area contributed by atoms with Crippen LogP contribution in [-0.4, -0.2) is 34.0 Å². The summed E-state index contributed by atoms with van der Waals surface area (Å²) in [7, 11) is 0. The van der Waals surface area contributed by atoms with Crippen LogP contribution in [0.5, 0.6) is 0 Å². The predicted molar refractivity (Wildman–Crippen MR) is 102 cm³/mol. The number of amides is 1. The van der Waals surface area contributed by atoms with E-state index in [1.54, 1.807) is 0 Å². The maximum atomic E-state index is 12.4. The Labute approximate surface area is 159 Å². The lowest BCUT2D eigenvalue weighted by Gasteiger charge is -2.31. The predicted octanol–water partition coefficient (Wildman–Crippen LogP) is 5.07. The van der Waals surface area contributed by atoms with Crippen LogP contribution in [-0.2, 0) is 4.79 Å². The first-order valence-corrected chi connectivity index (χ1v) is 9.92. The number of hydrogen-bond donors (Lipinski definition) is 0. The zero-order valence-corrected chi connectivity index (χ0v) is 16.0. The monoisotopic (exact) mass is 375 g/mol. The van der Waals surface area contributed by atoms with Crippen LogP contribution in [0.15, 0.2) is 28.8 Å². The van der Waals surface area contributed by atoms with Gasteiger partial charge in [-0.2, -0.15) is 4.98 Å². The summed E-state index contributed by atoms with van der Waals surface area (Å²) in [5, 5.41) is 4.74. The second kappa shape index (κ2) is 9.17. The van der Waals surface area contributed by atoms with Gasteiger partial charge in [-0.3, -0.25) is 4.79 Å². The summed E-state index contributed by atoms with van der Waals surface area (Å²) in [6, 6.07) is 7.42. The van der Waals surface area contributed by atoms with Crippen molar-refractivity contribution in [3.05, 3.63) is 35.2 Å². The van der Waals surface area contributed by atoms with Crippen LogP contribution in [0.2, 0.25) is 5.02 Å². The molecule has 0 radical (unpaired) electrons. The molecule has 2 heterocycles. The zero-order chi connectivity index (χ0) is 18.4. The maximum Gasteiger partial charge on any atom is 0.231 e.